The Morgan fingerprint density at radius 1 is 1.19 bits per heavy atom. The second-order valence-corrected chi connectivity index (χ2v) is 5.03. The Morgan fingerprint density at radius 3 is 2.67 bits per heavy atom. The standard InChI is InChI=1S/C17H23N3O/c1-5-7-13-16(19-11-20-17(13)18-6-2)14-10-12(3)8-9-15(14)21-4/h8-11H,5-7H2,1-4H3,(H,18,19,20). The van der Waals surface area contributed by atoms with Gasteiger partial charge in [-0.15, -0.1) is 0 Å². The Morgan fingerprint density at radius 2 is 2.00 bits per heavy atom. The van der Waals surface area contributed by atoms with Gasteiger partial charge in [-0.25, -0.2) is 9.97 Å². The van der Waals surface area contributed by atoms with Crippen molar-refractivity contribution >= 4 is 5.82 Å². The van der Waals surface area contributed by atoms with E-state index < -0.39 is 0 Å². The van der Waals surface area contributed by atoms with E-state index in [-0.39, 0.29) is 0 Å². The van der Waals surface area contributed by atoms with Crippen molar-refractivity contribution in [1.29, 1.82) is 0 Å². The van der Waals surface area contributed by atoms with Crippen LogP contribution in [0, 0.1) is 6.92 Å². The molecule has 1 N–H and O–H groups in total. The average Bonchev–Trinajstić information content (AvgIpc) is 2.49. The van der Waals surface area contributed by atoms with E-state index in [1.54, 1.807) is 13.4 Å². The van der Waals surface area contributed by atoms with E-state index in [1.165, 1.54) is 5.56 Å². The SMILES string of the molecule is CCCc1c(NCC)ncnc1-c1cc(C)ccc1OC. The lowest BCUT2D eigenvalue weighted by atomic mass is 10.00. The summed E-state index contributed by atoms with van der Waals surface area (Å²) in [5.74, 6) is 1.77. The van der Waals surface area contributed by atoms with Crippen LogP contribution in [0.1, 0.15) is 31.4 Å². The van der Waals surface area contributed by atoms with Gasteiger partial charge in [0.05, 0.1) is 12.8 Å². The topological polar surface area (TPSA) is 47.0 Å². The molecule has 0 unspecified atom stereocenters. The summed E-state index contributed by atoms with van der Waals surface area (Å²) in [5, 5.41) is 3.33. The average molecular weight is 285 g/mol. The van der Waals surface area contributed by atoms with E-state index in [0.717, 1.165) is 47.8 Å². The van der Waals surface area contributed by atoms with Gasteiger partial charge in [0.2, 0.25) is 0 Å². The number of benzene rings is 1. The molecular weight excluding hydrogens is 262 g/mol. The lowest BCUT2D eigenvalue weighted by Crippen LogP contribution is -2.07. The van der Waals surface area contributed by atoms with Crippen LogP contribution in [0.4, 0.5) is 5.82 Å². The fraction of sp³-hybridized carbons (Fsp3) is 0.412. The minimum atomic E-state index is 0.845. The predicted molar refractivity (Wildman–Crippen MR) is 86.9 cm³/mol. The van der Waals surface area contributed by atoms with Gasteiger partial charge >= 0.3 is 0 Å². The second kappa shape index (κ2) is 7.07. The van der Waals surface area contributed by atoms with E-state index >= 15 is 0 Å². The van der Waals surface area contributed by atoms with Crippen molar-refractivity contribution in [2.75, 3.05) is 19.0 Å². The van der Waals surface area contributed by atoms with Crippen LogP contribution in [0.25, 0.3) is 11.3 Å². The molecule has 1 aromatic heterocycles. The maximum absolute atomic E-state index is 5.51. The lowest BCUT2D eigenvalue weighted by molar-refractivity contribution is 0.416. The molecule has 1 heterocycles. The monoisotopic (exact) mass is 285 g/mol. The van der Waals surface area contributed by atoms with Gasteiger partial charge in [-0.2, -0.15) is 0 Å². The maximum Gasteiger partial charge on any atom is 0.133 e. The Hall–Kier alpha value is -2.10. The van der Waals surface area contributed by atoms with E-state index in [4.69, 9.17) is 4.74 Å². The number of methoxy groups -OCH3 is 1. The summed E-state index contributed by atoms with van der Waals surface area (Å²) in [7, 11) is 1.69. The number of aromatic nitrogens is 2. The molecule has 4 heteroatoms. The summed E-state index contributed by atoms with van der Waals surface area (Å²) in [6, 6.07) is 6.17. The summed E-state index contributed by atoms with van der Waals surface area (Å²) >= 11 is 0. The molecule has 0 aliphatic heterocycles. The maximum atomic E-state index is 5.51. The summed E-state index contributed by atoms with van der Waals surface area (Å²) in [6.45, 7) is 7.16. The predicted octanol–water partition coefficient (Wildman–Crippen LogP) is 3.84. The quantitative estimate of drug-likeness (QED) is 0.876. The van der Waals surface area contributed by atoms with E-state index in [2.05, 4.69) is 42.1 Å². The highest BCUT2D eigenvalue weighted by Crippen LogP contribution is 2.34. The minimum absolute atomic E-state index is 0.845. The second-order valence-electron chi connectivity index (χ2n) is 5.03. The van der Waals surface area contributed by atoms with Crippen LogP contribution in [0.15, 0.2) is 24.5 Å². The van der Waals surface area contributed by atoms with Crippen LogP contribution >= 0.6 is 0 Å². The van der Waals surface area contributed by atoms with E-state index in [1.807, 2.05) is 12.1 Å². The Bertz CT molecular complexity index is 611. The van der Waals surface area contributed by atoms with E-state index in [0.29, 0.717) is 0 Å². The van der Waals surface area contributed by atoms with E-state index in [9.17, 15) is 0 Å². The molecule has 0 saturated heterocycles. The molecule has 0 spiro atoms. The zero-order chi connectivity index (χ0) is 15.2. The first-order chi connectivity index (χ1) is 10.2. The number of nitrogens with zero attached hydrogens (tertiary/aromatic N) is 2. The number of nitrogens with one attached hydrogen (secondary N) is 1. The molecule has 0 atom stereocenters. The third kappa shape index (κ3) is 3.32. The Kier molecular flexibility index (Phi) is 5.14. The zero-order valence-corrected chi connectivity index (χ0v) is 13.2. The normalized spacial score (nSPS) is 10.5. The molecule has 1 aromatic carbocycles. The summed E-state index contributed by atoms with van der Waals surface area (Å²) < 4.78 is 5.51. The fourth-order valence-corrected chi connectivity index (χ4v) is 2.46. The highest BCUT2D eigenvalue weighted by atomic mass is 16.5. The molecule has 0 bridgehead atoms. The van der Waals surface area contributed by atoms with Gasteiger partial charge in [0.25, 0.3) is 0 Å². The highest BCUT2D eigenvalue weighted by Gasteiger charge is 2.15. The molecule has 0 fully saturated rings. The van der Waals surface area contributed by atoms with Crippen LogP contribution in [-0.2, 0) is 6.42 Å². The minimum Gasteiger partial charge on any atom is -0.496 e. The van der Waals surface area contributed by atoms with Gasteiger partial charge in [-0.1, -0.05) is 25.0 Å². The molecule has 21 heavy (non-hydrogen) atoms. The van der Waals surface area contributed by atoms with Crippen LogP contribution in [0.5, 0.6) is 5.75 Å². The van der Waals surface area contributed by atoms with Crippen LogP contribution < -0.4 is 10.1 Å². The van der Waals surface area contributed by atoms with Crippen LogP contribution in [-0.4, -0.2) is 23.6 Å². The molecule has 4 nitrogen and oxygen atoms in total. The largest absolute Gasteiger partial charge is 0.496 e. The molecular formula is C17H23N3O. The smallest absolute Gasteiger partial charge is 0.133 e. The Labute approximate surface area is 126 Å². The number of hydrogen-bond acceptors (Lipinski definition) is 4. The third-order valence-electron chi connectivity index (χ3n) is 3.40. The number of hydrogen-bond donors (Lipinski definition) is 1. The summed E-state index contributed by atoms with van der Waals surface area (Å²) in [4.78, 5) is 8.92. The molecule has 0 amide bonds. The van der Waals surface area contributed by atoms with Gasteiger partial charge in [0.1, 0.15) is 17.9 Å². The Balaban J connectivity index is 2.62. The van der Waals surface area contributed by atoms with Crippen molar-refractivity contribution < 1.29 is 4.74 Å². The van der Waals surface area contributed by atoms with Gasteiger partial charge < -0.3 is 10.1 Å². The first-order valence-corrected chi connectivity index (χ1v) is 7.44. The van der Waals surface area contributed by atoms with Gasteiger partial charge in [0.15, 0.2) is 0 Å². The number of aryl methyl sites for hydroxylation is 1. The zero-order valence-electron chi connectivity index (χ0n) is 13.2. The summed E-state index contributed by atoms with van der Waals surface area (Å²) in [5.41, 5.74) is 4.34. The van der Waals surface area contributed by atoms with Crippen molar-refractivity contribution in [3.05, 3.63) is 35.7 Å². The lowest BCUT2D eigenvalue weighted by Gasteiger charge is -2.15. The number of rotatable bonds is 6. The fourth-order valence-electron chi connectivity index (χ4n) is 2.46. The van der Waals surface area contributed by atoms with Crippen LogP contribution in [0.3, 0.4) is 0 Å². The van der Waals surface area contributed by atoms with Crippen molar-refractivity contribution in [3.8, 4) is 17.0 Å². The number of anilines is 1. The van der Waals surface area contributed by atoms with Crippen molar-refractivity contribution in [3.63, 3.8) is 0 Å². The molecule has 0 radical (unpaired) electrons. The molecule has 0 saturated carbocycles. The van der Waals surface area contributed by atoms with Gasteiger partial charge in [-0.3, -0.25) is 0 Å². The summed E-state index contributed by atoms with van der Waals surface area (Å²) in [6.07, 6.45) is 3.61. The highest BCUT2D eigenvalue weighted by molar-refractivity contribution is 5.74. The molecule has 0 aliphatic rings. The third-order valence-corrected chi connectivity index (χ3v) is 3.40. The molecule has 0 aliphatic carbocycles. The van der Waals surface area contributed by atoms with Crippen molar-refractivity contribution in [2.24, 2.45) is 0 Å². The first-order valence-electron chi connectivity index (χ1n) is 7.44. The van der Waals surface area contributed by atoms with Crippen molar-refractivity contribution in [2.45, 2.75) is 33.6 Å². The molecule has 2 aromatic rings. The first kappa shape index (κ1) is 15.3. The van der Waals surface area contributed by atoms with Gasteiger partial charge in [0, 0.05) is 17.7 Å². The van der Waals surface area contributed by atoms with Crippen LogP contribution in [0.2, 0.25) is 0 Å². The van der Waals surface area contributed by atoms with Gasteiger partial charge in [-0.05, 0) is 32.4 Å². The van der Waals surface area contributed by atoms with Crippen molar-refractivity contribution in [1.82, 2.24) is 9.97 Å². The molecule has 112 valence electrons. The number of ether oxygens (including phenoxy) is 1. The molecule has 2 rings (SSSR count).